The van der Waals surface area contributed by atoms with Crippen LogP contribution in [0.2, 0.25) is 0 Å². The van der Waals surface area contributed by atoms with Crippen LogP contribution < -0.4 is 5.32 Å². The first-order valence-electron chi connectivity index (χ1n) is 13.8. The van der Waals surface area contributed by atoms with Crippen molar-refractivity contribution in [3.63, 3.8) is 0 Å². The molecule has 3 unspecified atom stereocenters. The summed E-state index contributed by atoms with van der Waals surface area (Å²) in [5, 5.41) is 12.5. The minimum absolute atomic E-state index is 0.0393. The van der Waals surface area contributed by atoms with Gasteiger partial charge in [0.05, 0.1) is 18.6 Å². The second-order valence-electron chi connectivity index (χ2n) is 10.3. The number of hydrogen-bond donors (Lipinski definition) is 2. The van der Waals surface area contributed by atoms with Gasteiger partial charge in [-0.25, -0.2) is 4.79 Å². The zero-order valence-corrected chi connectivity index (χ0v) is 21.9. The number of unbranched alkanes of at least 4 members (excludes halogenated alkanes) is 5. The summed E-state index contributed by atoms with van der Waals surface area (Å²) in [6.45, 7) is 11.1. The van der Waals surface area contributed by atoms with E-state index >= 15 is 0 Å². The molecule has 6 heteroatoms. The topological polar surface area (TPSA) is 78.9 Å². The maximum Gasteiger partial charge on any atom is 0.317 e. The van der Waals surface area contributed by atoms with Gasteiger partial charge in [0.15, 0.2) is 0 Å². The Bertz CT molecular complexity index is 526. The molecule has 0 spiro atoms. The zero-order valence-electron chi connectivity index (χ0n) is 21.9. The Morgan fingerprint density at radius 1 is 1.03 bits per heavy atom. The van der Waals surface area contributed by atoms with Gasteiger partial charge in [-0.3, -0.25) is 4.79 Å². The van der Waals surface area contributed by atoms with Crippen LogP contribution in [-0.2, 0) is 9.53 Å². The first-order valence-corrected chi connectivity index (χ1v) is 13.8. The third kappa shape index (κ3) is 13.2. The molecule has 1 rings (SSSR count). The van der Waals surface area contributed by atoms with Gasteiger partial charge in [-0.2, -0.15) is 0 Å². The highest BCUT2D eigenvalue weighted by Gasteiger charge is 2.27. The van der Waals surface area contributed by atoms with E-state index in [1.807, 2.05) is 18.7 Å². The van der Waals surface area contributed by atoms with E-state index in [4.69, 9.17) is 4.74 Å². The summed E-state index contributed by atoms with van der Waals surface area (Å²) in [5.74, 6) is -0.185. The highest BCUT2D eigenvalue weighted by Crippen LogP contribution is 2.32. The number of carboxylic acids is 1. The van der Waals surface area contributed by atoms with Crippen LogP contribution in [-0.4, -0.2) is 54.4 Å². The van der Waals surface area contributed by atoms with Gasteiger partial charge in [-0.05, 0) is 50.4 Å². The van der Waals surface area contributed by atoms with Gasteiger partial charge in [0.25, 0.3) is 0 Å². The van der Waals surface area contributed by atoms with Crippen LogP contribution in [0.25, 0.3) is 0 Å². The molecule has 33 heavy (non-hydrogen) atoms. The summed E-state index contributed by atoms with van der Waals surface area (Å²) < 4.78 is 6.23. The predicted octanol–water partition coefficient (Wildman–Crippen LogP) is 6.48. The Morgan fingerprint density at radius 2 is 1.76 bits per heavy atom. The predicted molar refractivity (Wildman–Crippen MR) is 136 cm³/mol. The third-order valence-corrected chi connectivity index (χ3v) is 7.08. The Morgan fingerprint density at radius 3 is 2.42 bits per heavy atom. The monoisotopic (exact) mass is 468 g/mol. The van der Waals surface area contributed by atoms with Crippen LogP contribution in [0.4, 0.5) is 4.79 Å². The number of carbonyl (C=O) groups excluding carboxylic acids is 1. The summed E-state index contributed by atoms with van der Waals surface area (Å²) in [4.78, 5) is 26.1. The van der Waals surface area contributed by atoms with Gasteiger partial charge in [-0.15, -0.1) is 0 Å². The maximum absolute atomic E-state index is 12.6. The lowest BCUT2D eigenvalue weighted by atomic mass is 9.81. The molecule has 2 amide bonds. The quantitative estimate of drug-likeness (QED) is 0.226. The van der Waals surface area contributed by atoms with E-state index in [1.165, 1.54) is 32.1 Å². The molecule has 0 heterocycles. The summed E-state index contributed by atoms with van der Waals surface area (Å²) in [5.41, 5.74) is 0. The average molecular weight is 469 g/mol. The van der Waals surface area contributed by atoms with Crippen molar-refractivity contribution < 1.29 is 19.4 Å². The number of urea groups is 1. The van der Waals surface area contributed by atoms with Gasteiger partial charge in [0, 0.05) is 19.6 Å². The second kappa shape index (κ2) is 18.1. The Balaban J connectivity index is 2.43. The van der Waals surface area contributed by atoms with Crippen molar-refractivity contribution in [2.24, 2.45) is 17.8 Å². The second-order valence-corrected chi connectivity index (χ2v) is 10.3. The molecule has 1 saturated carbocycles. The van der Waals surface area contributed by atoms with E-state index in [9.17, 15) is 14.7 Å². The van der Waals surface area contributed by atoms with Gasteiger partial charge in [0.2, 0.25) is 0 Å². The van der Waals surface area contributed by atoms with E-state index in [2.05, 4.69) is 19.2 Å². The fraction of sp³-hybridized carbons (Fsp3) is 0.926. The van der Waals surface area contributed by atoms with Gasteiger partial charge < -0.3 is 20.1 Å². The molecule has 0 radical (unpaired) electrons. The molecule has 0 bridgehead atoms. The summed E-state index contributed by atoms with van der Waals surface area (Å²) in [6, 6.07) is 0.0393. The number of nitrogens with one attached hydrogen (secondary N) is 1. The molecule has 3 atom stereocenters. The lowest BCUT2D eigenvalue weighted by Crippen LogP contribution is -2.43. The molecular weight excluding hydrogens is 416 g/mol. The van der Waals surface area contributed by atoms with Crippen molar-refractivity contribution in [3.8, 4) is 0 Å². The first-order chi connectivity index (χ1) is 15.9. The lowest BCUT2D eigenvalue weighted by molar-refractivity contribution is -0.143. The Hall–Kier alpha value is -1.30. The van der Waals surface area contributed by atoms with Crippen molar-refractivity contribution in [1.82, 2.24) is 10.2 Å². The number of carbonyl (C=O) groups is 2. The molecule has 6 nitrogen and oxygen atoms in total. The number of rotatable bonds is 18. The minimum Gasteiger partial charge on any atom is -0.481 e. The molecule has 1 aliphatic rings. The molecule has 0 saturated heterocycles. The third-order valence-electron chi connectivity index (χ3n) is 7.08. The zero-order chi connectivity index (χ0) is 24.5. The van der Waals surface area contributed by atoms with Gasteiger partial charge in [-0.1, -0.05) is 72.6 Å². The van der Waals surface area contributed by atoms with Crippen molar-refractivity contribution in [2.75, 3.05) is 26.2 Å². The van der Waals surface area contributed by atoms with E-state index in [-0.39, 0.29) is 24.0 Å². The molecule has 1 fully saturated rings. The van der Waals surface area contributed by atoms with Crippen molar-refractivity contribution >= 4 is 12.0 Å². The van der Waals surface area contributed by atoms with Gasteiger partial charge >= 0.3 is 12.0 Å². The number of amides is 2. The van der Waals surface area contributed by atoms with Crippen molar-refractivity contribution in [3.05, 3.63) is 0 Å². The van der Waals surface area contributed by atoms with E-state index in [0.29, 0.717) is 19.1 Å². The highest BCUT2D eigenvalue weighted by molar-refractivity contribution is 5.74. The van der Waals surface area contributed by atoms with E-state index in [0.717, 1.165) is 64.5 Å². The fourth-order valence-corrected chi connectivity index (χ4v) is 4.85. The van der Waals surface area contributed by atoms with Crippen molar-refractivity contribution in [2.45, 2.75) is 117 Å². The van der Waals surface area contributed by atoms with Crippen LogP contribution in [0, 0.1) is 17.8 Å². The van der Waals surface area contributed by atoms with Crippen LogP contribution in [0.3, 0.4) is 0 Å². The maximum atomic E-state index is 12.6. The Labute approximate surface area is 203 Å². The SMILES string of the molecule is CCCCCCCN(CCOC1CCCC(CCC(C(=O)O)C(C)C)C1)C(=O)NCCCC. The lowest BCUT2D eigenvalue weighted by Gasteiger charge is -2.31. The molecule has 0 aromatic rings. The fourth-order valence-electron chi connectivity index (χ4n) is 4.85. The van der Waals surface area contributed by atoms with E-state index < -0.39 is 5.97 Å². The van der Waals surface area contributed by atoms with Crippen LogP contribution >= 0.6 is 0 Å². The van der Waals surface area contributed by atoms with Crippen LogP contribution in [0.1, 0.15) is 111 Å². The summed E-state index contributed by atoms with van der Waals surface area (Å²) in [7, 11) is 0. The molecule has 0 aromatic heterocycles. The van der Waals surface area contributed by atoms with Crippen LogP contribution in [0.15, 0.2) is 0 Å². The standard InChI is InChI=1S/C27H52N2O4/c1-5-7-9-10-11-18-29(27(32)28-17-8-6-2)19-20-33-24-14-12-13-23(21-24)15-16-25(22(3)4)26(30)31/h22-25H,5-21H2,1-4H3,(H,28,32)(H,30,31). The Kier molecular flexibility index (Phi) is 16.3. The molecule has 194 valence electrons. The summed E-state index contributed by atoms with van der Waals surface area (Å²) >= 11 is 0. The number of hydrogen-bond acceptors (Lipinski definition) is 3. The van der Waals surface area contributed by atoms with Crippen molar-refractivity contribution in [1.29, 1.82) is 0 Å². The van der Waals surface area contributed by atoms with Gasteiger partial charge in [0.1, 0.15) is 0 Å². The largest absolute Gasteiger partial charge is 0.481 e. The van der Waals surface area contributed by atoms with E-state index in [1.54, 1.807) is 0 Å². The minimum atomic E-state index is -0.666. The molecule has 1 aliphatic carbocycles. The first kappa shape index (κ1) is 29.7. The average Bonchev–Trinajstić information content (AvgIpc) is 2.77. The normalized spacial score (nSPS) is 19.4. The highest BCUT2D eigenvalue weighted by atomic mass is 16.5. The molecule has 2 N–H and O–H groups in total. The number of nitrogens with zero attached hydrogens (tertiary/aromatic N) is 1. The molecule has 0 aliphatic heterocycles. The molecule has 0 aromatic carbocycles. The van der Waals surface area contributed by atoms with Crippen LogP contribution in [0.5, 0.6) is 0 Å². The smallest absolute Gasteiger partial charge is 0.317 e. The number of aliphatic carboxylic acids is 1. The summed E-state index contributed by atoms with van der Waals surface area (Å²) in [6.07, 6.45) is 14.4. The number of carboxylic acid groups (broad SMARTS) is 1. The number of ether oxygens (including phenoxy) is 1. The molecular formula is C27H52N2O4.